The highest BCUT2D eigenvalue weighted by molar-refractivity contribution is 7.10. The van der Waals surface area contributed by atoms with Crippen LogP contribution in [0.1, 0.15) is 41.8 Å². The lowest BCUT2D eigenvalue weighted by atomic mass is 9.68. The number of thiophene rings is 1. The summed E-state index contributed by atoms with van der Waals surface area (Å²) in [6.45, 7) is 6.46. The van der Waals surface area contributed by atoms with Gasteiger partial charge in [-0.1, -0.05) is 6.07 Å². The zero-order valence-electron chi connectivity index (χ0n) is 15.5. The summed E-state index contributed by atoms with van der Waals surface area (Å²) in [6.07, 6.45) is 6.05. The Morgan fingerprint density at radius 1 is 1.23 bits per heavy atom. The molecule has 2 fully saturated rings. The number of hydrogen-bond donors (Lipinski definition) is 1. The summed E-state index contributed by atoms with van der Waals surface area (Å²) in [5.74, 6) is 0. The molecule has 0 radical (unpaired) electrons. The summed E-state index contributed by atoms with van der Waals surface area (Å²) < 4.78 is 11.9. The summed E-state index contributed by atoms with van der Waals surface area (Å²) in [5.41, 5.74) is 2.56. The Balaban J connectivity index is 1.47. The van der Waals surface area contributed by atoms with Gasteiger partial charge in [-0.3, -0.25) is 4.98 Å². The third kappa shape index (κ3) is 3.72. The molecule has 0 unspecified atom stereocenters. The number of rotatable bonds is 6. The highest BCUT2D eigenvalue weighted by Gasteiger charge is 2.49. The third-order valence-electron chi connectivity index (χ3n) is 5.96. The van der Waals surface area contributed by atoms with Crippen LogP contribution in [0.3, 0.4) is 0 Å². The van der Waals surface area contributed by atoms with Gasteiger partial charge < -0.3 is 14.8 Å². The lowest BCUT2D eigenvalue weighted by molar-refractivity contribution is -0.109. The Morgan fingerprint density at radius 2 is 2.19 bits per heavy atom. The fraction of sp³-hybridized carbons (Fsp3) is 0.571. The van der Waals surface area contributed by atoms with Crippen LogP contribution < -0.4 is 5.32 Å². The Labute approximate surface area is 159 Å². The molecular weight excluding hydrogens is 344 g/mol. The molecule has 140 valence electrons. The van der Waals surface area contributed by atoms with E-state index >= 15 is 0 Å². The van der Waals surface area contributed by atoms with Crippen LogP contribution in [0.4, 0.5) is 0 Å². The van der Waals surface area contributed by atoms with E-state index in [4.69, 9.17) is 14.5 Å². The van der Waals surface area contributed by atoms with Gasteiger partial charge in [0.1, 0.15) is 0 Å². The second-order valence-electron chi connectivity index (χ2n) is 7.71. The van der Waals surface area contributed by atoms with Gasteiger partial charge in [0.25, 0.3) is 0 Å². The van der Waals surface area contributed by atoms with Gasteiger partial charge >= 0.3 is 0 Å². The van der Waals surface area contributed by atoms with Crippen LogP contribution in [0, 0.1) is 6.92 Å². The SMILES string of the molecule is Cc1ccsc1CNCC[C@@]1(c2ccccn2)CCO[C@@]2(CCOC2)C1. The highest BCUT2D eigenvalue weighted by atomic mass is 32.1. The van der Waals surface area contributed by atoms with E-state index in [0.717, 1.165) is 58.6 Å². The first kappa shape index (κ1) is 18.1. The van der Waals surface area contributed by atoms with E-state index in [-0.39, 0.29) is 11.0 Å². The molecule has 2 aliphatic heterocycles. The lowest BCUT2D eigenvalue weighted by Crippen LogP contribution is -2.49. The summed E-state index contributed by atoms with van der Waals surface area (Å²) in [5, 5.41) is 5.83. The van der Waals surface area contributed by atoms with Gasteiger partial charge in [0.05, 0.1) is 12.2 Å². The van der Waals surface area contributed by atoms with E-state index in [9.17, 15) is 0 Å². The largest absolute Gasteiger partial charge is 0.378 e. The number of aromatic nitrogens is 1. The van der Waals surface area contributed by atoms with Gasteiger partial charge in [0.2, 0.25) is 0 Å². The molecule has 0 bridgehead atoms. The molecule has 1 spiro atoms. The summed E-state index contributed by atoms with van der Waals surface area (Å²) in [6, 6.07) is 8.50. The van der Waals surface area contributed by atoms with Crippen LogP contribution in [0.25, 0.3) is 0 Å². The predicted molar refractivity (Wildman–Crippen MR) is 105 cm³/mol. The van der Waals surface area contributed by atoms with Gasteiger partial charge in [-0.05, 0) is 61.9 Å². The first-order chi connectivity index (χ1) is 12.7. The quantitative estimate of drug-likeness (QED) is 0.783. The Hall–Kier alpha value is -1.27. The minimum absolute atomic E-state index is 0.0741. The zero-order valence-corrected chi connectivity index (χ0v) is 16.3. The van der Waals surface area contributed by atoms with Crippen molar-refractivity contribution in [2.24, 2.45) is 0 Å². The van der Waals surface area contributed by atoms with Crippen molar-refractivity contribution in [3.05, 3.63) is 52.0 Å². The van der Waals surface area contributed by atoms with E-state index in [1.807, 2.05) is 23.6 Å². The maximum Gasteiger partial charge on any atom is 0.0945 e. The Kier molecular flexibility index (Phi) is 5.41. The van der Waals surface area contributed by atoms with Gasteiger partial charge in [-0.15, -0.1) is 11.3 Å². The van der Waals surface area contributed by atoms with E-state index in [0.29, 0.717) is 0 Å². The highest BCUT2D eigenvalue weighted by Crippen LogP contribution is 2.46. The second-order valence-corrected chi connectivity index (χ2v) is 8.71. The monoisotopic (exact) mass is 372 g/mol. The average Bonchev–Trinajstić information content (AvgIpc) is 3.29. The molecule has 26 heavy (non-hydrogen) atoms. The fourth-order valence-corrected chi connectivity index (χ4v) is 5.29. The summed E-state index contributed by atoms with van der Waals surface area (Å²) >= 11 is 1.83. The van der Waals surface area contributed by atoms with E-state index in [1.165, 1.54) is 16.1 Å². The molecule has 4 heterocycles. The van der Waals surface area contributed by atoms with Gasteiger partial charge in [-0.25, -0.2) is 0 Å². The van der Waals surface area contributed by atoms with Crippen molar-refractivity contribution >= 4 is 11.3 Å². The first-order valence-electron chi connectivity index (χ1n) is 9.58. The average molecular weight is 373 g/mol. The van der Waals surface area contributed by atoms with Gasteiger partial charge in [0, 0.05) is 48.4 Å². The molecule has 0 saturated carbocycles. The fourth-order valence-electron chi connectivity index (χ4n) is 4.41. The minimum atomic E-state index is -0.111. The van der Waals surface area contributed by atoms with Crippen molar-refractivity contribution in [2.45, 2.75) is 50.2 Å². The topological polar surface area (TPSA) is 43.4 Å². The van der Waals surface area contributed by atoms with E-state index in [2.05, 4.69) is 35.8 Å². The maximum atomic E-state index is 6.21. The molecule has 4 nitrogen and oxygen atoms in total. The van der Waals surface area contributed by atoms with E-state index < -0.39 is 0 Å². The van der Waals surface area contributed by atoms with Gasteiger partial charge in [0.15, 0.2) is 0 Å². The molecule has 1 N–H and O–H groups in total. The molecule has 2 aromatic rings. The van der Waals surface area contributed by atoms with Crippen molar-refractivity contribution in [2.75, 3.05) is 26.4 Å². The van der Waals surface area contributed by atoms with Crippen molar-refractivity contribution in [3.8, 4) is 0 Å². The van der Waals surface area contributed by atoms with Crippen molar-refractivity contribution < 1.29 is 9.47 Å². The van der Waals surface area contributed by atoms with Crippen LogP contribution >= 0.6 is 11.3 Å². The van der Waals surface area contributed by atoms with Crippen LogP contribution in [-0.2, 0) is 21.4 Å². The van der Waals surface area contributed by atoms with Crippen molar-refractivity contribution in [3.63, 3.8) is 0 Å². The van der Waals surface area contributed by atoms with Gasteiger partial charge in [-0.2, -0.15) is 0 Å². The summed E-state index contributed by atoms with van der Waals surface area (Å²) in [4.78, 5) is 6.18. The first-order valence-corrected chi connectivity index (χ1v) is 10.5. The van der Waals surface area contributed by atoms with Crippen LogP contribution in [0.2, 0.25) is 0 Å². The number of hydrogen-bond acceptors (Lipinski definition) is 5. The molecule has 2 saturated heterocycles. The third-order valence-corrected chi connectivity index (χ3v) is 6.98. The number of aryl methyl sites for hydroxylation is 1. The normalized spacial score (nSPS) is 28.7. The van der Waals surface area contributed by atoms with Crippen molar-refractivity contribution in [1.82, 2.24) is 10.3 Å². The molecule has 4 rings (SSSR count). The molecule has 2 aromatic heterocycles. The van der Waals surface area contributed by atoms with Crippen LogP contribution in [-0.4, -0.2) is 37.0 Å². The standard InChI is InChI=1S/C21H28N2O2S/c1-17-5-13-26-18(17)14-22-10-6-20(19-4-2-3-9-23-19)7-12-25-21(15-20)8-11-24-16-21/h2-5,9,13,22H,6-8,10-12,14-16H2,1H3/t20-,21+/m1/s1. The molecule has 2 aliphatic rings. The van der Waals surface area contributed by atoms with Crippen LogP contribution in [0.5, 0.6) is 0 Å². The van der Waals surface area contributed by atoms with Crippen LogP contribution in [0.15, 0.2) is 35.8 Å². The molecule has 0 amide bonds. The molecule has 5 heteroatoms. The molecular formula is C21H28N2O2S. The molecule has 2 atom stereocenters. The molecule has 0 aliphatic carbocycles. The van der Waals surface area contributed by atoms with Crippen molar-refractivity contribution in [1.29, 1.82) is 0 Å². The number of nitrogens with one attached hydrogen (secondary N) is 1. The summed E-state index contributed by atoms with van der Waals surface area (Å²) in [7, 11) is 0. The Bertz CT molecular complexity index is 712. The predicted octanol–water partition coefficient (Wildman–Crippen LogP) is 3.84. The number of nitrogens with zero attached hydrogens (tertiary/aromatic N) is 1. The van der Waals surface area contributed by atoms with E-state index in [1.54, 1.807) is 0 Å². The minimum Gasteiger partial charge on any atom is -0.378 e. The zero-order chi connectivity index (χ0) is 17.9. The smallest absolute Gasteiger partial charge is 0.0945 e. The lowest BCUT2D eigenvalue weighted by Gasteiger charge is -2.45. The molecule has 0 aromatic carbocycles. The maximum absolute atomic E-state index is 6.21. The number of pyridine rings is 1. The second kappa shape index (κ2) is 7.77. The number of ether oxygens (including phenoxy) is 2. The Morgan fingerprint density at radius 3 is 2.92 bits per heavy atom.